The monoisotopic (exact) mass is 1240 g/mol. The van der Waals surface area contributed by atoms with E-state index < -0.39 is 23.9 Å². The summed E-state index contributed by atoms with van der Waals surface area (Å²) >= 11 is 0. The predicted molar refractivity (Wildman–Crippen MR) is 382 cm³/mol. The molecule has 0 aromatic heterocycles. The van der Waals surface area contributed by atoms with Gasteiger partial charge in [0.2, 0.25) is 13.4 Å². The Bertz CT molecular complexity index is 5180. The first kappa shape index (κ1) is 56.5. The Morgan fingerprint density at radius 2 is 0.583 bits per heavy atom. The number of para-hydroxylation sites is 2. The van der Waals surface area contributed by atoms with Crippen LogP contribution in [0.3, 0.4) is 0 Å². The van der Waals surface area contributed by atoms with Gasteiger partial charge in [-0.05, 0) is 171 Å². The lowest BCUT2D eigenvalue weighted by molar-refractivity contribution is 0.0464. The Morgan fingerprint density at radius 3 is 0.927 bits per heavy atom. The molecule has 0 saturated carbocycles. The highest BCUT2D eigenvalue weighted by atomic mass is 16.5. The molecule has 14 aromatic carbocycles. The average molecular weight is 1240 g/mol. The normalized spacial score (nSPS) is 12.6. The lowest BCUT2D eigenvalue weighted by atomic mass is 9.31. The van der Waals surface area contributed by atoms with E-state index in [-0.39, 0.29) is 39.9 Å². The standard InChI is InChI=1S/C84H54B2N2O8/c89-81(93-47-51-19-7-1-8-20-51)57-33-37-67-71(43-57)87(61-27-15-5-16-28-61)73-45-59(83(91)95-49-53-23-11-3-12-24-53)39-65-63-35-32-56-42-70-78-64(36-31-55-41-69(85(67)79(65)73)77(63)75(56)76(55)78)66-40-60(84(92)96-50-54-25-13-4-14-26-54)46-74-80(66)86(70)68-38-34-58(82(90)94-48-52-21-9-2-10-22-52)44-72(68)88(74)62-29-17-6-18-30-62/h1-46H,47-50H2. The maximum atomic E-state index is 14.9. The van der Waals surface area contributed by atoms with Crippen molar-refractivity contribution in [2.45, 2.75) is 26.4 Å². The fraction of sp³-hybridized carbons (Fsp3) is 0.0476. The van der Waals surface area contributed by atoms with E-state index >= 15 is 0 Å². The molecule has 0 aliphatic carbocycles. The van der Waals surface area contributed by atoms with Crippen molar-refractivity contribution in [1.29, 1.82) is 0 Å². The molecule has 18 rings (SSSR count). The van der Waals surface area contributed by atoms with Gasteiger partial charge in [-0.15, -0.1) is 0 Å². The summed E-state index contributed by atoms with van der Waals surface area (Å²) in [4.78, 5) is 62.8. The van der Waals surface area contributed by atoms with Crippen molar-refractivity contribution in [3.63, 3.8) is 0 Å². The zero-order valence-corrected chi connectivity index (χ0v) is 51.7. The smallest absolute Gasteiger partial charge is 0.338 e. The SMILES string of the molecule is O=C(OCc1ccccc1)c1ccc2c(c1)N(c1ccccc1)c1cc(C(=O)OCc3ccccc3)cc3c1B2c1cc2ccc4c5c(cc6ccc-3c1c6c25)B1c2ccc(C(=O)OCc3ccccc3)cc2N(c2ccccc2)c2cc(C(=O)OCc3ccccc3)cc-4c21. The lowest BCUT2D eigenvalue weighted by Crippen LogP contribution is -2.60. The summed E-state index contributed by atoms with van der Waals surface area (Å²) in [5.74, 6) is -1.86. The van der Waals surface area contributed by atoms with Gasteiger partial charge in [-0.25, -0.2) is 19.2 Å². The number of benzene rings is 14. The first-order valence-electron chi connectivity index (χ1n) is 32.3. The molecular weight excluding hydrogens is 1190 g/mol. The molecule has 4 heterocycles. The van der Waals surface area contributed by atoms with Gasteiger partial charge < -0.3 is 28.7 Å². The minimum atomic E-state index is -0.470. The van der Waals surface area contributed by atoms with Gasteiger partial charge in [0.05, 0.1) is 22.3 Å². The highest BCUT2D eigenvalue weighted by Crippen LogP contribution is 2.49. The van der Waals surface area contributed by atoms with Crippen LogP contribution in [0.4, 0.5) is 34.1 Å². The van der Waals surface area contributed by atoms with E-state index in [1.807, 2.05) is 206 Å². The minimum absolute atomic E-state index is 0.0845. The van der Waals surface area contributed by atoms with E-state index in [0.29, 0.717) is 22.3 Å². The number of carbonyl (C=O) groups excluding carboxylic acids is 4. The molecule has 12 heteroatoms. The van der Waals surface area contributed by atoms with Crippen LogP contribution in [0, 0.1) is 0 Å². The molecule has 10 nitrogen and oxygen atoms in total. The van der Waals surface area contributed by atoms with Crippen molar-refractivity contribution in [2.75, 3.05) is 9.80 Å². The number of carbonyl (C=O) groups is 4. The number of hydrogen-bond donors (Lipinski definition) is 0. The third-order valence-corrected chi connectivity index (χ3v) is 19.5. The van der Waals surface area contributed by atoms with Gasteiger partial charge in [-0.1, -0.05) is 217 Å². The zero-order chi connectivity index (χ0) is 64.1. The number of rotatable bonds is 14. The number of esters is 4. The molecule has 4 aliphatic heterocycles. The highest BCUT2D eigenvalue weighted by molar-refractivity contribution is 7.02. The summed E-state index contributed by atoms with van der Waals surface area (Å²) < 4.78 is 24.5. The van der Waals surface area contributed by atoms with E-state index in [1.54, 1.807) is 0 Å². The molecule has 0 radical (unpaired) electrons. The van der Waals surface area contributed by atoms with Crippen molar-refractivity contribution >= 4 is 137 Å². The van der Waals surface area contributed by atoms with Gasteiger partial charge in [-0.3, -0.25) is 0 Å². The van der Waals surface area contributed by atoms with Crippen molar-refractivity contribution in [1.82, 2.24) is 0 Å². The van der Waals surface area contributed by atoms with Crippen molar-refractivity contribution < 1.29 is 38.1 Å². The Labute approximate surface area is 553 Å². The van der Waals surface area contributed by atoms with Crippen LogP contribution in [0.5, 0.6) is 0 Å². The van der Waals surface area contributed by atoms with E-state index in [4.69, 9.17) is 18.9 Å². The van der Waals surface area contributed by atoms with Crippen molar-refractivity contribution in [3.05, 3.63) is 324 Å². The van der Waals surface area contributed by atoms with Gasteiger partial charge >= 0.3 is 23.9 Å². The predicted octanol–water partition coefficient (Wildman–Crippen LogP) is 14.6. The summed E-state index contributed by atoms with van der Waals surface area (Å²) in [7, 11) is 0. The number of nitrogens with zero attached hydrogens (tertiary/aromatic N) is 2. The fourth-order valence-corrected chi connectivity index (χ4v) is 15.3. The summed E-state index contributed by atoms with van der Waals surface area (Å²) in [6.07, 6.45) is 0. The maximum absolute atomic E-state index is 14.9. The van der Waals surface area contributed by atoms with Crippen LogP contribution in [-0.4, -0.2) is 37.3 Å². The number of ether oxygens (including phenoxy) is 4. The quantitative estimate of drug-likeness (QED) is 0.0452. The van der Waals surface area contributed by atoms with E-state index in [0.717, 1.165) is 144 Å². The third-order valence-electron chi connectivity index (χ3n) is 19.5. The van der Waals surface area contributed by atoms with Crippen molar-refractivity contribution in [3.8, 4) is 22.3 Å². The molecule has 0 N–H and O–H groups in total. The topological polar surface area (TPSA) is 112 Å². The van der Waals surface area contributed by atoms with Crippen LogP contribution < -0.4 is 42.6 Å². The van der Waals surface area contributed by atoms with Crippen LogP contribution in [0.15, 0.2) is 279 Å². The molecule has 0 unspecified atom stereocenters. The van der Waals surface area contributed by atoms with E-state index in [1.165, 1.54) is 0 Å². The Hall–Kier alpha value is -12.3. The largest absolute Gasteiger partial charge is 0.457 e. The Balaban J connectivity index is 0.868. The third kappa shape index (κ3) is 9.27. The van der Waals surface area contributed by atoms with Crippen molar-refractivity contribution in [2.24, 2.45) is 0 Å². The highest BCUT2D eigenvalue weighted by Gasteiger charge is 2.46. The van der Waals surface area contributed by atoms with E-state index in [2.05, 4.69) is 82.6 Å². The zero-order valence-electron chi connectivity index (χ0n) is 51.7. The molecule has 96 heavy (non-hydrogen) atoms. The second kappa shape index (κ2) is 22.8. The Morgan fingerprint density at radius 1 is 0.271 bits per heavy atom. The number of hydrogen-bond acceptors (Lipinski definition) is 10. The summed E-state index contributed by atoms with van der Waals surface area (Å²) in [6.45, 7) is -0.367. The average Bonchev–Trinajstić information content (AvgIpc) is 0.674. The molecule has 14 aromatic rings. The summed E-state index contributed by atoms with van der Waals surface area (Å²) in [5, 5.41) is 6.29. The van der Waals surface area contributed by atoms with Gasteiger partial charge in [0.15, 0.2) is 0 Å². The van der Waals surface area contributed by atoms with Gasteiger partial charge in [0, 0.05) is 34.1 Å². The van der Waals surface area contributed by atoms with Crippen LogP contribution in [0.2, 0.25) is 0 Å². The molecule has 0 saturated heterocycles. The molecule has 0 spiro atoms. The van der Waals surface area contributed by atoms with Crippen LogP contribution in [0.25, 0.3) is 54.6 Å². The second-order valence-electron chi connectivity index (χ2n) is 25.0. The van der Waals surface area contributed by atoms with Crippen LogP contribution in [-0.2, 0) is 45.4 Å². The van der Waals surface area contributed by atoms with Gasteiger partial charge in [-0.2, -0.15) is 0 Å². The van der Waals surface area contributed by atoms with E-state index in [9.17, 15) is 19.2 Å². The number of anilines is 6. The van der Waals surface area contributed by atoms with Gasteiger partial charge in [0.25, 0.3) is 0 Å². The van der Waals surface area contributed by atoms with Crippen LogP contribution in [0.1, 0.15) is 63.7 Å². The fourth-order valence-electron chi connectivity index (χ4n) is 15.3. The second-order valence-corrected chi connectivity index (χ2v) is 25.0. The molecular formula is C84H54B2N2O8. The first-order valence-corrected chi connectivity index (χ1v) is 32.3. The molecule has 0 bridgehead atoms. The first-order chi connectivity index (χ1) is 47.3. The molecule has 0 fully saturated rings. The molecule has 4 aliphatic rings. The minimum Gasteiger partial charge on any atom is -0.457 e. The maximum Gasteiger partial charge on any atom is 0.338 e. The molecule has 0 amide bonds. The Kier molecular flexibility index (Phi) is 13.4. The lowest BCUT2D eigenvalue weighted by Gasteiger charge is -2.42. The van der Waals surface area contributed by atoms with Gasteiger partial charge in [0.1, 0.15) is 26.4 Å². The van der Waals surface area contributed by atoms with Crippen LogP contribution >= 0.6 is 0 Å². The summed E-state index contributed by atoms with van der Waals surface area (Å²) in [5.41, 5.74) is 19.8. The molecule has 454 valence electrons. The number of fused-ring (bicyclic) bond motifs is 8. The summed E-state index contributed by atoms with van der Waals surface area (Å²) in [6, 6.07) is 92.2. The molecule has 0 atom stereocenters.